The van der Waals surface area contributed by atoms with E-state index in [-0.39, 0.29) is 28.9 Å². The zero-order valence-electron chi connectivity index (χ0n) is 32.7. The van der Waals surface area contributed by atoms with Crippen LogP contribution in [0.15, 0.2) is 95.6 Å². The van der Waals surface area contributed by atoms with E-state index in [0.29, 0.717) is 32.0 Å². The maximum absolute atomic E-state index is 14.7. The molecule has 2 atom stereocenters. The molecule has 9 rings (SSSR count). The van der Waals surface area contributed by atoms with Crippen LogP contribution in [0.2, 0.25) is 0 Å². The Morgan fingerprint density at radius 3 is 2.05 bits per heavy atom. The minimum atomic E-state index is -4.76. The second-order valence-corrected chi connectivity index (χ2v) is 15.7. The number of hydrogen-bond acceptors (Lipinski definition) is 8. The summed E-state index contributed by atoms with van der Waals surface area (Å²) >= 11 is 0. The van der Waals surface area contributed by atoms with Crippen LogP contribution >= 0.6 is 0 Å². The van der Waals surface area contributed by atoms with Crippen LogP contribution in [0.1, 0.15) is 77.9 Å². The van der Waals surface area contributed by atoms with Gasteiger partial charge < -0.3 is 19.3 Å². The molecular formula is C45H46F3N7O3. The van der Waals surface area contributed by atoms with Crippen LogP contribution in [-0.2, 0) is 15.7 Å². The first kappa shape index (κ1) is 38.0. The molecule has 1 saturated carbocycles. The van der Waals surface area contributed by atoms with Crippen LogP contribution in [0.4, 0.5) is 24.5 Å². The predicted molar refractivity (Wildman–Crippen MR) is 218 cm³/mol. The van der Waals surface area contributed by atoms with E-state index in [0.717, 1.165) is 95.4 Å². The van der Waals surface area contributed by atoms with E-state index in [1.807, 2.05) is 24.3 Å². The van der Waals surface area contributed by atoms with Gasteiger partial charge in [0, 0.05) is 55.1 Å². The minimum absolute atomic E-state index is 0.0714. The maximum atomic E-state index is 14.7. The number of morpholine rings is 2. The molecule has 4 aliphatic rings. The molecule has 10 nitrogen and oxygen atoms in total. The Kier molecular flexibility index (Phi) is 10.3. The van der Waals surface area contributed by atoms with Crippen LogP contribution in [0.25, 0.3) is 23.0 Å². The number of anilines is 2. The molecule has 1 amide bonds. The number of nitrogens with zero attached hydrogens (tertiary/aromatic N) is 7. The molecule has 0 radical (unpaired) electrons. The van der Waals surface area contributed by atoms with Gasteiger partial charge in [0.1, 0.15) is 0 Å². The SMILES string of the molecule is CC(C)c1ccc(-c2cc(C(F)(F)F)n3nc(C(=O)N4N=C5C(=Cc6ccc(N7CCOCC7)cc6)CCCC5C4c4ccc(N5CCOCC5)cc4)cc3n2)cc1. The van der Waals surface area contributed by atoms with E-state index < -0.39 is 23.8 Å². The van der Waals surface area contributed by atoms with E-state index in [9.17, 15) is 18.0 Å². The summed E-state index contributed by atoms with van der Waals surface area (Å²) in [5.74, 6) is -0.436. The number of carbonyl (C=O) groups is 1. The lowest BCUT2D eigenvalue weighted by Crippen LogP contribution is -2.36. The molecule has 5 heterocycles. The minimum Gasteiger partial charge on any atom is -0.378 e. The molecule has 13 heteroatoms. The van der Waals surface area contributed by atoms with Crippen molar-refractivity contribution in [3.63, 3.8) is 0 Å². The highest BCUT2D eigenvalue weighted by molar-refractivity contribution is 6.09. The number of hydrogen-bond donors (Lipinski definition) is 0. The van der Waals surface area contributed by atoms with Gasteiger partial charge in [0.25, 0.3) is 5.91 Å². The fourth-order valence-electron chi connectivity index (χ4n) is 8.59. The van der Waals surface area contributed by atoms with Crippen LogP contribution < -0.4 is 9.80 Å². The molecule has 58 heavy (non-hydrogen) atoms. The van der Waals surface area contributed by atoms with Gasteiger partial charge in [0.2, 0.25) is 0 Å². The summed E-state index contributed by atoms with van der Waals surface area (Å²) in [5.41, 5.74) is 6.52. The molecule has 0 N–H and O–H groups in total. The molecule has 3 fully saturated rings. The van der Waals surface area contributed by atoms with Gasteiger partial charge in [-0.2, -0.15) is 23.4 Å². The number of alkyl halides is 3. The van der Waals surface area contributed by atoms with E-state index >= 15 is 0 Å². The Balaban J connectivity index is 1.09. The van der Waals surface area contributed by atoms with Gasteiger partial charge in [-0.15, -0.1) is 0 Å². The van der Waals surface area contributed by atoms with Crippen molar-refractivity contribution in [3.8, 4) is 11.3 Å². The molecule has 300 valence electrons. The molecule has 5 aromatic rings. The molecule has 2 aromatic heterocycles. The van der Waals surface area contributed by atoms with Crippen molar-refractivity contribution in [2.75, 3.05) is 62.4 Å². The topological polar surface area (TPSA) is 87.8 Å². The van der Waals surface area contributed by atoms with E-state index in [2.05, 4.69) is 76.2 Å². The number of halogens is 3. The van der Waals surface area contributed by atoms with Gasteiger partial charge in [0.15, 0.2) is 17.0 Å². The Morgan fingerprint density at radius 2 is 1.45 bits per heavy atom. The first-order valence-corrected chi connectivity index (χ1v) is 20.2. The second-order valence-electron chi connectivity index (χ2n) is 15.7. The quantitative estimate of drug-likeness (QED) is 0.163. The first-order valence-electron chi connectivity index (χ1n) is 20.2. The van der Waals surface area contributed by atoms with Gasteiger partial charge in [0.05, 0.1) is 43.9 Å². The summed E-state index contributed by atoms with van der Waals surface area (Å²) in [5, 5.41) is 10.8. The Bertz CT molecular complexity index is 2340. The summed E-state index contributed by atoms with van der Waals surface area (Å²) in [7, 11) is 0. The van der Waals surface area contributed by atoms with Gasteiger partial charge >= 0.3 is 6.18 Å². The number of ether oxygens (including phenoxy) is 2. The highest BCUT2D eigenvalue weighted by atomic mass is 19.4. The van der Waals surface area contributed by atoms with Crippen LogP contribution in [0.5, 0.6) is 0 Å². The molecule has 3 aliphatic heterocycles. The summed E-state index contributed by atoms with van der Waals surface area (Å²) in [6.07, 6.45) is -0.108. The smallest absolute Gasteiger partial charge is 0.378 e. The lowest BCUT2D eigenvalue weighted by atomic mass is 9.77. The summed E-state index contributed by atoms with van der Waals surface area (Å²) in [4.78, 5) is 23.9. The van der Waals surface area contributed by atoms with Gasteiger partial charge in [-0.1, -0.05) is 62.4 Å². The Hall–Kier alpha value is -5.53. The molecule has 1 aliphatic carbocycles. The summed E-state index contributed by atoms with van der Waals surface area (Å²) < 4.78 is 55.8. The third-order valence-corrected chi connectivity index (χ3v) is 11.7. The van der Waals surface area contributed by atoms with Gasteiger partial charge in [-0.05, 0) is 83.9 Å². The molecule has 0 spiro atoms. The molecule has 2 saturated heterocycles. The number of benzene rings is 3. The van der Waals surface area contributed by atoms with Crippen molar-refractivity contribution in [3.05, 3.63) is 119 Å². The Labute approximate surface area is 335 Å². The fourth-order valence-corrected chi connectivity index (χ4v) is 8.59. The van der Waals surface area contributed by atoms with Crippen molar-refractivity contribution in [1.82, 2.24) is 19.6 Å². The number of hydrazone groups is 1. The van der Waals surface area contributed by atoms with E-state index in [1.54, 1.807) is 12.1 Å². The number of fused-ring (bicyclic) bond motifs is 2. The fraction of sp³-hybridized carbons (Fsp3) is 0.378. The molecule has 0 bridgehead atoms. The zero-order chi connectivity index (χ0) is 40.0. The van der Waals surface area contributed by atoms with E-state index in [1.165, 1.54) is 11.1 Å². The molecular weight excluding hydrogens is 744 g/mol. The lowest BCUT2D eigenvalue weighted by Gasteiger charge is -2.31. The largest absolute Gasteiger partial charge is 0.433 e. The maximum Gasteiger partial charge on any atom is 0.433 e. The van der Waals surface area contributed by atoms with Crippen LogP contribution in [-0.4, -0.2) is 83.8 Å². The number of carbonyl (C=O) groups excluding carboxylic acids is 1. The van der Waals surface area contributed by atoms with Crippen molar-refractivity contribution in [2.45, 2.75) is 51.2 Å². The third-order valence-electron chi connectivity index (χ3n) is 11.7. The normalized spacial score (nSPS) is 20.9. The summed E-state index contributed by atoms with van der Waals surface area (Å²) in [6.45, 7) is 10.1. The van der Waals surface area contributed by atoms with Crippen molar-refractivity contribution < 1.29 is 27.4 Å². The number of aromatic nitrogens is 3. The Morgan fingerprint density at radius 1 is 0.828 bits per heavy atom. The monoisotopic (exact) mass is 789 g/mol. The lowest BCUT2D eigenvalue weighted by molar-refractivity contribution is -0.142. The second kappa shape index (κ2) is 15.7. The first-order chi connectivity index (χ1) is 28.1. The van der Waals surface area contributed by atoms with Crippen LogP contribution in [0, 0.1) is 5.92 Å². The summed E-state index contributed by atoms with van der Waals surface area (Å²) in [6, 6.07) is 25.9. The molecule has 3 aromatic carbocycles. The zero-order valence-corrected chi connectivity index (χ0v) is 32.7. The third kappa shape index (κ3) is 7.48. The highest BCUT2D eigenvalue weighted by Gasteiger charge is 2.45. The predicted octanol–water partition coefficient (Wildman–Crippen LogP) is 8.65. The van der Waals surface area contributed by atoms with E-state index in [4.69, 9.17) is 14.6 Å². The number of rotatable bonds is 7. The average Bonchev–Trinajstić information content (AvgIpc) is 3.87. The van der Waals surface area contributed by atoms with Crippen molar-refractivity contribution >= 4 is 34.7 Å². The highest BCUT2D eigenvalue weighted by Crippen LogP contribution is 2.45. The van der Waals surface area contributed by atoms with Crippen molar-refractivity contribution in [1.29, 1.82) is 0 Å². The van der Waals surface area contributed by atoms with Gasteiger partial charge in [-0.25, -0.2) is 14.5 Å². The standard InChI is InChI=1S/C45H46F3N7O3/c1-29(2)31-8-10-32(11-9-31)38-27-40(45(46,47)48)54-41(49-38)28-39(50-54)44(56)55-43(33-12-16-36(17-13-33)53-20-24-58-25-21-53)37-5-3-4-34(42(37)51-55)26-30-6-14-35(15-7-30)52-18-22-57-23-19-52/h6-17,26-29,37,43H,3-5,18-25H2,1-2H3. The average molecular weight is 790 g/mol. The molecule has 2 unspecified atom stereocenters. The van der Waals surface area contributed by atoms with Crippen molar-refractivity contribution in [2.24, 2.45) is 11.0 Å². The van der Waals surface area contributed by atoms with Gasteiger partial charge in [-0.3, -0.25) is 4.79 Å². The van der Waals surface area contributed by atoms with Crippen LogP contribution in [0.3, 0.4) is 0 Å². The number of amides is 1. The number of allylic oxidation sites excluding steroid dienone is 1.